The van der Waals surface area contributed by atoms with Crippen LogP contribution in [0.3, 0.4) is 0 Å². The maximum Gasteiger partial charge on any atom is 0.178 e. The lowest BCUT2D eigenvalue weighted by molar-refractivity contribution is -0.113. The van der Waals surface area contributed by atoms with Gasteiger partial charge in [-0.2, -0.15) is 0 Å². The summed E-state index contributed by atoms with van der Waals surface area (Å²) in [5.74, 6) is -0.420. The molecule has 0 aromatic heterocycles. The highest BCUT2D eigenvalue weighted by atomic mass is 16.3. The van der Waals surface area contributed by atoms with E-state index in [0.29, 0.717) is 13.0 Å². The largest absolute Gasteiger partial charge is 0.504 e. The van der Waals surface area contributed by atoms with Crippen molar-refractivity contribution in [1.82, 2.24) is 0 Å². The van der Waals surface area contributed by atoms with Gasteiger partial charge < -0.3 is 15.9 Å². The van der Waals surface area contributed by atoms with E-state index in [1.54, 1.807) is 6.07 Å². The van der Waals surface area contributed by atoms with E-state index in [-0.39, 0.29) is 23.1 Å². The van der Waals surface area contributed by atoms with Crippen molar-refractivity contribution in [3.63, 3.8) is 0 Å². The first-order valence-corrected chi connectivity index (χ1v) is 5.68. The fourth-order valence-corrected chi connectivity index (χ4v) is 1.33. The van der Waals surface area contributed by atoms with Crippen LogP contribution in [0.25, 0.3) is 0 Å². The molecule has 0 radical (unpaired) electrons. The molecule has 0 heterocycles. The molecule has 5 heteroatoms. The third-order valence-corrected chi connectivity index (χ3v) is 2.30. The lowest BCUT2D eigenvalue weighted by Crippen LogP contribution is -2.02. The Balaban J connectivity index is 0.000000200. The molecular formula is C14H15NO4. The number of aromatic hydroxyl groups is 2. The molecule has 0 unspecified atom stereocenters. The fraction of sp³-hybridized carbons (Fsp3) is 0.143. The van der Waals surface area contributed by atoms with Gasteiger partial charge in [-0.15, -0.1) is 0 Å². The molecule has 1 aromatic carbocycles. The van der Waals surface area contributed by atoms with E-state index in [4.69, 9.17) is 15.9 Å². The Kier molecular flexibility index (Phi) is 5.50. The molecule has 1 aromatic rings. The molecule has 1 aliphatic rings. The highest BCUT2D eigenvalue weighted by Crippen LogP contribution is 2.24. The first-order valence-electron chi connectivity index (χ1n) is 5.68. The lowest BCUT2D eigenvalue weighted by Gasteiger charge is -2.00. The van der Waals surface area contributed by atoms with Gasteiger partial charge in [0.2, 0.25) is 0 Å². The number of phenols is 2. The highest BCUT2D eigenvalue weighted by molar-refractivity contribution is 6.14. The number of phenolic OH excluding ortho intramolecular Hbond substituents is 2. The maximum atomic E-state index is 10.3. The van der Waals surface area contributed by atoms with Crippen molar-refractivity contribution < 1.29 is 19.8 Å². The Labute approximate surface area is 110 Å². The van der Waals surface area contributed by atoms with E-state index in [2.05, 4.69) is 0 Å². The minimum Gasteiger partial charge on any atom is -0.504 e. The Bertz CT molecular complexity index is 494. The Morgan fingerprint density at radius 1 is 0.895 bits per heavy atom. The average Bonchev–Trinajstić information content (AvgIpc) is 2.39. The van der Waals surface area contributed by atoms with Crippen LogP contribution in [0.5, 0.6) is 11.5 Å². The molecule has 5 nitrogen and oxygen atoms in total. The molecule has 0 fully saturated rings. The third kappa shape index (κ3) is 5.18. The number of benzene rings is 1. The zero-order valence-corrected chi connectivity index (χ0v) is 10.2. The SMILES string of the molecule is NCCc1ccc(O)c(O)c1.O=C1C=CC(=O)C=C1. The van der Waals surface area contributed by atoms with Crippen molar-refractivity contribution in [2.75, 3.05) is 6.54 Å². The molecule has 1 aliphatic carbocycles. The summed E-state index contributed by atoms with van der Waals surface area (Å²) in [5.41, 5.74) is 6.24. The van der Waals surface area contributed by atoms with Crippen LogP contribution in [0.2, 0.25) is 0 Å². The lowest BCUT2D eigenvalue weighted by atomic mass is 10.1. The van der Waals surface area contributed by atoms with Crippen molar-refractivity contribution >= 4 is 11.6 Å². The van der Waals surface area contributed by atoms with Gasteiger partial charge in [0.05, 0.1) is 0 Å². The third-order valence-electron chi connectivity index (χ3n) is 2.30. The molecule has 100 valence electrons. The van der Waals surface area contributed by atoms with Gasteiger partial charge in [0.25, 0.3) is 0 Å². The minimum absolute atomic E-state index is 0.0871. The van der Waals surface area contributed by atoms with Crippen LogP contribution < -0.4 is 5.73 Å². The molecular weight excluding hydrogens is 246 g/mol. The van der Waals surface area contributed by atoms with Gasteiger partial charge in [0.15, 0.2) is 23.1 Å². The molecule has 0 spiro atoms. The highest BCUT2D eigenvalue weighted by Gasteiger charge is 1.99. The number of hydrogen-bond acceptors (Lipinski definition) is 5. The molecule has 0 amide bonds. The summed E-state index contributed by atoms with van der Waals surface area (Å²) < 4.78 is 0. The number of nitrogens with two attached hydrogens (primary N) is 1. The van der Waals surface area contributed by atoms with Gasteiger partial charge in [0.1, 0.15) is 0 Å². The van der Waals surface area contributed by atoms with Crippen LogP contribution in [-0.2, 0) is 16.0 Å². The normalized spacial score (nSPS) is 13.1. The second-order valence-electron chi connectivity index (χ2n) is 3.83. The smallest absolute Gasteiger partial charge is 0.178 e. The molecule has 4 N–H and O–H groups in total. The molecule has 0 saturated heterocycles. The van der Waals surface area contributed by atoms with E-state index in [1.807, 2.05) is 0 Å². The molecule has 0 saturated carbocycles. The summed E-state index contributed by atoms with van der Waals surface area (Å²) in [6.07, 6.45) is 5.73. The number of hydrogen-bond donors (Lipinski definition) is 3. The molecule has 0 bridgehead atoms. The van der Waals surface area contributed by atoms with Crippen LogP contribution in [0, 0.1) is 0 Å². The molecule has 19 heavy (non-hydrogen) atoms. The van der Waals surface area contributed by atoms with Gasteiger partial charge in [-0.1, -0.05) is 6.07 Å². The Hall–Kier alpha value is -2.40. The zero-order chi connectivity index (χ0) is 14.3. The molecule has 0 aliphatic heterocycles. The number of rotatable bonds is 2. The summed E-state index contributed by atoms with van der Waals surface area (Å²) in [6.45, 7) is 0.546. The van der Waals surface area contributed by atoms with Gasteiger partial charge in [0, 0.05) is 0 Å². The standard InChI is InChI=1S/C8H11NO2.C6H4O2/c9-4-3-6-1-2-7(10)8(11)5-6;7-5-1-2-6(8)4-3-5/h1-2,5,10-11H,3-4,9H2;1-4H. The maximum absolute atomic E-state index is 10.3. The quantitative estimate of drug-likeness (QED) is 0.541. The van der Waals surface area contributed by atoms with E-state index in [0.717, 1.165) is 5.56 Å². The first-order chi connectivity index (χ1) is 9.02. The summed E-state index contributed by atoms with van der Waals surface area (Å²) >= 11 is 0. The van der Waals surface area contributed by atoms with Crippen molar-refractivity contribution in [1.29, 1.82) is 0 Å². The minimum atomic E-state index is -0.121. The van der Waals surface area contributed by atoms with Crippen LogP contribution in [0.1, 0.15) is 5.56 Å². The number of ketones is 2. The van der Waals surface area contributed by atoms with Crippen LogP contribution >= 0.6 is 0 Å². The number of carbonyl (C=O) groups excluding carboxylic acids is 2. The second-order valence-corrected chi connectivity index (χ2v) is 3.83. The van der Waals surface area contributed by atoms with Crippen molar-refractivity contribution in [3.8, 4) is 11.5 Å². The van der Waals surface area contributed by atoms with Crippen molar-refractivity contribution in [2.24, 2.45) is 5.73 Å². The summed E-state index contributed by atoms with van der Waals surface area (Å²) in [7, 11) is 0. The van der Waals surface area contributed by atoms with Crippen LogP contribution in [-0.4, -0.2) is 28.3 Å². The first kappa shape index (κ1) is 14.7. The van der Waals surface area contributed by atoms with E-state index in [9.17, 15) is 9.59 Å². The van der Waals surface area contributed by atoms with Crippen LogP contribution in [0.4, 0.5) is 0 Å². The topological polar surface area (TPSA) is 101 Å². The predicted molar refractivity (Wildman–Crippen MR) is 70.8 cm³/mol. The number of carbonyl (C=O) groups is 2. The van der Waals surface area contributed by atoms with Crippen molar-refractivity contribution in [3.05, 3.63) is 48.1 Å². The molecule has 2 rings (SSSR count). The average molecular weight is 261 g/mol. The Morgan fingerprint density at radius 3 is 1.84 bits per heavy atom. The summed E-state index contributed by atoms with van der Waals surface area (Å²) in [6, 6.07) is 4.71. The predicted octanol–water partition coefficient (Wildman–Crippen LogP) is 0.850. The van der Waals surface area contributed by atoms with Gasteiger partial charge in [-0.3, -0.25) is 9.59 Å². The monoisotopic (exact) mass is 261 g/mol. The number of allylic oxidation sites excluding steroid dienone is 4. The molecule has 0 atom stereocenters. The summed E-state index contributed by atoms with van der Waals surface area (Å²) in [4.78, 5) is 20.6. The van der Waals surface area contributed by atoms with Gasteiger partial charge in [-0.25, -0.2) is 0 Å². The van der Waals surface area contributed by atoms with Crippen LogP contribution in [0.15, 0.2) is 42.5 Å². The summed E-state index contributed by atoms with van der Waals surface area (Å²) in [5, 5.41) is 18.0. The van der Waals surface area contributed by atoms with E-state index >= 15 is 0 Å². The van der Waals surface area contributed by atoms with E-state index < -0.39 is 0 Å². The Morgan fingerprint density at radius 2 is 1.42 bits per heavy atom. The van der Waals surface area contributed by atoms with Gasteiger partial charge >= 0.3 is 0 Å². The second kappa shape index (κ2) is 7.13. The fourth-order valence-electron chi connectivity index (χ4n) is 1.33. The van der Waals surface area contributed by atoms with E-state index in [1.165, 1.54) is 36.4 Å². The zero-order valence-electron chi connectivity index (χ0n) is 10.2. The van der Waals surface area contributed by atoms with Gasteiger partial charge in [-0.05, 0) is 55.0 Å². The van der Waals surface area contributed by atoms with Crippen molar-refractivity contribution in [2.45, 2.75) is 6.42 Å².